The number of nitrogens with zero attached hydrogens (tertiary/aromatic N) is 2. The zero-order chi connectivity index (χ0) is 15.4. The van der Waals surface area contributed by atoms with Crippen LogP contribution < -0.4 is 0 Å². The second-order valence-corrected chi connectivity index (χ2v) is 11.1. The number of carbonyl (C=O) groups is 1. The van der Waals surface area contributed by atoms with E-state index in [1.165, 1.54) is 0 Å². The number of carbonyl (C=O) groups excluding carboxylic acids is 1. The minimum atomic E-state index is -1.72. The van der Waals surface area contributed by atoms with Crippen molar-refractivity contribution in [3.05, 3.63) is 18.0 Å². The molecule has 0 fully saturated rings. The van der Waals surface area contributed by atoms with Gasteiger partial charge in [-0.25, -0.2) is 4.79 Å². The topological polar surface area (TPSA) is 53.4 Å². The lowest BCUT2D eigenvalue weighted by molar-refractivity contribution is 0.0518. The summed E-state index contributed by atoms with van der Waals surface area (Å²) in [4.78, 5) is 11.5. The summed E-state index contributed by atoms with van der Waals surface area (Å²) in [6, 6.07) is 1.67. The fourth-order valence-electron chi connectivity index (χ4n) is 1.41. The van der Waals surface area contributed by atoms with E-state index in [1.54, 1.807) is 23.9 Å². The number of ether oxygens (including phenoxy) is 1. The van der Waals surface area contributed by atoms with E-state index >= 15 is 0 Å². The third kappa shape index (κ3) is 4.45. The number of esters is 1. The fraction of sp³-hybridized carbons (Fsp3) is 0.714. The van der Waals surface area contributed by atoms with Gasteiger partial charge in [-0.05, 0) is 31.1 Å². The van der Waals surface area contributed by atoms with Crippen LogP contribution in [0.5, 0.6) is 0 Å². The molecule has 0 amide bonds. The average Bonchev–Trinajstić information content (AvgIpc) is 2.76. The Morgan fingerprint density at radius 1 is 1.40 bits per heavy atom. The summed E-state index contributed by atoms with van der Waals surface area (Å²) in [7, 11) is -1.72. The van der Waals surface area contributed by atoms with E-state index in [2.05, 4.69) is 39.0 Å². The lowest BCUT2D eigenvalue weighted by atomic mass is 10.2. The average molecular weight is 298 g/mol. The second-order valence-electron chi connectivity index (χ2n) is 6.29. The van der Waals surface area contributed by atoms with E-state index in [-0.39, 0.29) is 11.0 Å². The van der Waals surface area contributed by atoms with Crippen LogP contribution in [0.15, 0.2) is 12.3 Å². The van der Waals surface area contributed by atoms with Crippen LogP contribution in [0.2, 0.25) is 18.1 Å². The minimum Gasteiger partial charge on any atom is -0.461 e. The first-order valence-electron chi connectivity index (χ1n) is 7.02. The lowest BCUT2D eigenvalue weighted by Gasteiger charge is -2.36. The van der Waals surface area contributed by atoms with Gasteiger partial charge in [0.15, 0.2) is 14.0 Å². The summed E-state index contributed by atoms with van der Waals surface area (Å²) < 4.78 is 12.7. The monoisotopic (exact) mass is 298 g/mol. The molecular formula is C14H26N2O3Si. The Morgan fingerprint density at radius 3 is 2.60 bits per heavy atom. The summed E-state index contributed by atoms with van der Waals surface area (Å²) in [6.07, 6.45) is 1.78. The fourth-order valence-corrected chi connectivity index (χ4v) is 2.45. The number of hydrogen-bond donors (Lipinski definition) is 0. The van der Waals surface area contributed by atoms with Crippen molar-refractivity contribution >= 4 is 14.3 Å². The molecule has 0 bridgehead atoms. The van der Waals surface area contributed by atoms with Crippen molar-refractivity contribution in [3.63, 3.8) is 0 Å². The summed E-state index contributed by atoms with van der Waals surface area (Å²) in [5.74, 6) is -0.378. The quantitative estimate of drug-likeness (QED) is 0.598. The van der Waals surface area contributed by atoms with Gasteiger partial charge in [-0.1, -0.05) is 20.8 Å². The molecule has 0 saturated carbocycles. The first-order valence-corrected chi connectivity index (χ1v) is 9.93. The maximum absolute atomic E-state index is 11.5. The number of hydrogen-bond acceptors (Lipinski definition) is 4. The number of aromatic nitrogens is 2. The summed E-state index contributed by atoms with van der Waals surface area (Å²) in [5, 5.41) is 4.39. The van der Waals surface area contributed by atoms with E-state index in [9.17, 15) is 4.79 Å². The van der Waals surface area contributed by atoms with Crippen molar-refractivity contribution in [2.24, 2.45) is 0 Å². The van der Waals surface area contributed by atoms with Crippen LogP contribution >= 0.6 is 0 Å². The van der Waals surface area contributed by atoms with Crippen LogP contribution in [0.4, 0.5) is 0 Å². The molecular weight excluding hydrogens is 272 g/mol. The van der Waals surface area contributed by atoms with Gasteiger partial charge in [-0.2, -0.15) is 5.10 Å². The standard InChI is InChI=1S/C14H26N2O3Si/c1-7-18-13(17)12-8-9-16(15-12)10-11-19-20(5,6)14(2,3)4/h8-9H,7,10-11H2,1-6H3. The smallest absolute Gasteiger partial charge is 0.358 e. The van der Waals surface area contributed by atoms with Gasteiger partial charge in [0.2, 0.25) is 0 Å². The highest BCUT2D eigenvalue weighted by molar-refractivity contribution is 6.74. The first kappa shape index (κ1) is 16.9. The Balaban J connectivity index is 2.49. The molecule has 0 aliphatic heterocycles. The van der Waals surface area contributed by atoms with Crippen molar-refractivity contribution in [2.75, 3.05) is 13.2 Å². The van der Waals surface area contributed by atoms with E-state index in [1.807, 2.05) is 0 Å². The van der Waals surface area contributed by atoms with Crippen molar-refractivity contribution < 1.29 is 14.0 Å². The molecule has 0 spiro atoms. The van der Waals surface area contributed by atoms with E-state index < -0.39 is 8.32 Å². The molecule has 0 aliphatic carbocycles. The molecule has 1 aromatic rings. The Morgan fingerprint density at radius 2 is 2.05 bits per heavy atom. The molecule has 1 aromatic heterocycles. The van der Waals surface area contributed by atoms with Crippen molar-refractivity contribution in [1.82, 2.24) is 9.78 Å². The molecule has 0 atom stereocenters. The molecule has 20 heavy (non-hydrogen) atoms. The molecule has 5 nitrogen and oxygen atoms in total. The normalized spacial score (nSPS) is 12.5. The Labute approximate surface area is 122 Å². The largest absolute Gasteiger partial charge is 0.461 e. The SMILES string of the molecule is CCOC(=O)c1ccn(CCO[Si](C)(C)C(C)(C)C)n1. The third-order valence-electron chi connectivity index (χ3n) is 3.71. The Kier molecular flexibility index (Phi) is 5.53. The highest BCUT2D eigenvalue weighted by atomic mass is 28.4. The molecule has 0 N–H and O–H groups in total. The number of rotatable bonds is 6. The van der Waals surface area contributed by atoms with E-state index in [0.29, 0.717) is 25.5 Å². The van der Waals surface area contributed by atoms with Crippen LogP contribution in [0, 0.1) is 0 Å². The van der Waals surface area contributed by atoms with Crippen LogP contribution in [0.25, 0.3) is 0 Å². The van der Waals surface area contributed by atoms with Crippen molar-refractivity contribution in [3.8, 4) is 0 Å². The minimum absolute atomic E-state index is 0.202. The molecule has 0 radical (unpaired) electrons. The second kappa shape index (κ2) is 6.54. The lowest BCUT2D eigenvalue weighted by Crippen LogP contribution is -2.41. The molecule has 0 unspecified atom stereocenters. The van der Waals surface area contributed by atoms with Crippen LogP contribution in [0.1, 0.15) is 38.2 Å². The Hall–Kier alpha value is -1.14. The molecule has 0 saturated heterocycles. The van der Waals surface area contributed by atoms with Crippen LogP contribution in [-0.4, -0.2) is 37.3 Å². The van der Waals surface area contributed by atoms with Gasteiger partial charge in [0, 0.05) is 6.20 Å². The third-order valence-corrected chi connectivity index (χ3v) is 8.25. The highest BCUT2D eigenvalue weighted by Crippen LogP contribution is 2.36. The highest BCUT2D eigenvalue weighted by Gasteiger charge is 2.36. The molecule has 6 heteroatoms. The van der Waals surface area contributed by atoms with E-state index in [4.69, 9.17) is 9.16 Å². The van der Waals surface area contributed by atoms with Gasteiger partial charge in [0.25, 0.3) is 0 Å². The van der Waals surface area contributed by atoms with Gasteiger partial charge >= 0.3 is 5.97 Å². The van der Waals surface area contributed by atoms with Gasteiger partial charge in [-0.3, -0.25) is 4.68 Å². The zero-order valence-electron chi connectivity index (χ0n) is 13.4. The molecule has 1 heterocycles. The predicted octanol–water partition coefficient (Wildman–Crippen LogP) is 3.08. The molecule has 114 valence electrons. The van der Waals surface area contributed by atoms with Gasteiger partial charge in [0.1, 0.15) is 0 Å². The van der Waals surface area contributed by atoms with E-state index in [0.717, 1.165) is 0 Å². The predicted molar refractivity (Wildman–Crippen MR) is 81.3 cm³/mol. The molecule has 0 aromatic carbocycles. The molecule has 0 aliphatic rings. The first-order chi connectivity index (χ1) is 9.17. The van der Waals surface area contributed by atoms with Crippen molar-refractivity contribution in [1.29, 1.82) is 0 Å². The summed E-state index contributed by atoms with van der Waals surface area (Å²) in [5.41, 5.74) is 0.346. The van der Waals surface area contributed by atoms with Crippen molar-refractivity contribution in [2.45, 2.75) is 52.4 Å². The van der Waals surface area contributed by atoms with Gasteiger partial charge in [-0.15, -0.1) is 0 Å². The maximum atomic E-state index is 11.5. The summed E-state index contributed by atoms with van der Waals surface area (Å²) in [6.45, 7) is 14.5. The zero-order valence-corrected chi connectivity index (χ0v) is 14.4. The van der Waals surface area contributed by atoms with Gasteiger partial charge in [0.05, 0.1) is 19.8 Å². The summed E-state index contributed by atoms with van der Waals surface area (Å²) >= 11 is 0. The van der Waals surface area contributed by atoms with Gasteiger partial charge < -0.3 is 9.16 Å². The molecule has 1 rings (SSSR count). The van der Waals surface area contributed by atoms with Crippen LogP contribution in [0.3, 0.4) is 0 Å². The maximum Gasteiger partial charge on any atom is 0.358 e. The Bertz CT molecular complexity index is 450. The van der Waals surface area contributed by atoms with Crippen LogP contribution in [-0.2, 0) is 15.7 Å².